The molecule has 0 heterocycles. The van der Waals surface area contributed by atoms with Crippen molar-refractivity contribution in [3.05, 3.63) is 47.1 Å². The van der Waals surface area contributed by atoms with Gasteiger partial charge in [-0.1, -0.05) is 0 Å². The molecule has 6 nitrogen and oxygen atoms in total. The molecule has 1 aliphatic rings. The van der Waals surface area contributed by atoms with Crippen LogP contribution < -0.4 is 0 Å². The Hall–Kier alpha value is -2.28. The van der Waals surface area contributed by atoms with Crippen molar-refractivity contribution >= 4 is 18.1 Å². The second-order valence-corrected chi connectivity index (χ2v) is 4.79. The molecule has 22 heavy (non-hydrogen) atoms. The van der Waals surface area contributed by atoms with Crippen molar-refractivity contribution in [2.75, 3.05) is 14.2 Å². The van der Waals surface area contributed by atoms with E-state index in [0.29, 0.717) is 18.1 Å². The van der Waals surface area contributed by atoms with E-state index in [-0.39, 0.29) is 22.5 Å². The minimum absolute atomic E-state index is 0.132. The standard InChI is InChI=1S/C16H16O6/c1-21-15-7-11(9-18)6-13(16(15,20)22-2)12-5-10(8-17)3-4-14(12)19/h3-9,15,19-20H,1-2H3. The first-order valence-corrected chi connectivity index (χ1v) is 6.48. The number of carbonyl (C=O) groups is 2. The van der Waals surface area contributed by atoms with E-state index in [1.807, 2.05) is 0 Å². The van der Waals surface area contributed by atoms with Crippen LogP contribution in [0.15, 0.2) is 35.9 Å². The fourth-order valence-electron chi connectivity index (χ4n) is 2.40. The van der Waals surface area contributed by atoms with Gasteiger partial charge in [0.2, 0.25) is 5.79 Å². The first-order chi connectivity index (χ1) is 10.5. The summed E-state index contributed by atoms with van der Waals surface area (Å²) in [5, 5.41) is 20.8. The van der Waals surface area contributed by atoms with Crippen LogP contribution in [0.1, 0.15) is 15.9 Å². The molecule has 0 fully saturated rings. The minimum atomic E-state index is -1.90. The first-order valence-electron chi connectivity index (χ1n) is 6.48. The van der Waals surface area contributed by atoms with Crippen molar-refractivity contribution in [1.82, 2.24) is 0 Å². The van der Waals surface area contributed by atoms with E-state index in [9.17, 15) is 19.8 Å². The Morgan fingerprint density at radius 2 is 1.95 bits per heavy atom. The lowest BCUT2D eigenvalue weighted by atomic mass is 9.85. The molecule has 1 aromatic rings. The summed E-state index contributed by atoms with van der Waals surface area (Å²) >= 11 is 0. The molecule has 2 rings (SSSR count). The number of aldehydes is 2. The summed E-state index contributed by atoms with van der Waals surface area (Å²) in [4.78, 5) is 22.0. The van der Waals surface area contributed by atoms with Crippen molar-refractivity contribution in [2.45, 2.75) is 11.9 Å². The van der Waals surface area contributed by atoms with Gasteiger partial charge in [-0.3, -0.25) is 9.59 Å². The van der Waals surface area contributed by atoms with E-state index < -0.39 is 11.9 Å². The largest absolute Gasteiger partial charge is 0.507 e. The number of allylic oxidation sites excluding steroid dienone is 2. The predicted octanol–water partition coefficient (Wildman–Crippen LogP) is 1.08. The highest BCUT2D eigenvalue weighted by Crippen LogP contribution is 2.40. The number of phenols is 1. The zero-order valence-electron chi connectivity index (χ0n) is 12.1. The molecule has 0 aromatic heterocycles. The summed E-state index contributed by atoms with van der Waals surface area (Å²) < 4.78 is 10.3. The number of ether oxygens (including phenoxy) is 2. The number of rotatable bonds is 5. The number of carbonyl (C=O) groups excluding carboxylic acids is 2. The van der Waals surface area contributed by atoms with E-state index in [2.05, 4.69) is 0 Å². The van der Waals surface area contributed by atoms with E-state index in [1.165, 1.54) is 44.6 Å². The Labute approximate surface area is 127 Å². The number of hydrogen-bond donors (Lipinski definition) is 2. The molecular formula is C16H16O6. The quantitative estimate of drug-likeness (QED) is 0.624. The van der Waals surface area contributed by atoms with Gasteiger partial charge < -0.3 is 19.7 Å². The van der Waals surface area contributed by atoms with E-state index in [1.54, 1.807) is 0 Å². The van der Waals surface area contributed by atoms with Gasteiger partial charge in [0, 0.05) is 36.5 Å². The molecule has 2 N–H and O–H groups in total. The summed E-state index contributed by atoms with van der Waals surface area (Å²) in [5.74, 6) is -2.06. The Morgan fingerprint density at radius 1 is 1.23 bits per heavy atom. The first kappa shape index (κ1) is 16.1. The number of phenolic OH excluding ortho intramolecular Hbond substituents is 1. The zero-order chi connectivity index (χ0) is 16.3. The van der Waals surface area contributed by atoms with E-state index in [4.69, 9.17) is 9.47 Å². The lowest BCUT2D eigenvalue weighted by Crippen LogP contribution is -2.47. The maximum absolute atomic E-state index is 11.1. The van der Waals surface area contributed by atoms with Crippen LogP contribution in [0.4, 0.5) is 0 Å². The van der Waals surface area contributed by atoms with Crippen molar-refractivity contribution in [3.63, 3.8) is 0 Å². The summed E-state index contributed by atoms with van der Waals surface area (Å²) in [5.41, 5.74) is 0.888. The molecule has 1 aliphatic carbocycles. The van der Waals surface area contributed by atoms with Gasteiger partial charge in [0.15, 0.2) is 0 Å². The Balaban J connectivity index is 2.68. The third kappa shape index (κ3) is 2.59. The fourth-order valence-corrected chi connectivity index (χ4v) is 2.40. The summed E-state index contributed by atoms with van der Waals surface area (Å²) in [7, 11) is 2.64. The summed E-state index contributed by atoms with van der Waals surface area (Å²) in [6, 6.07) is 4.17. The molecule has 0 bridgehead atoms. The van der Waals surface area contributed by atoms with Crippen LogP contribution >= 0.6 is 0 Å². The molecule has 0 spiro atoms. The molecule has 2 atom stereocenters. The van der Waals surface area contributed by atoms with Gasteiger partial charge in [0.1, 0.15) is 24.4 Å². The lowest BCUT2D eigenvalue weighted by Gasteiger charge is -2.37. The smallest absolute Gasteiger partial charge is 0.223 e. The topological polar surface area (TPSA) is 93.1 Å². The van der Waals surface area contributed by atoms with Gasteiger partial charge in [-0.05, 0) is 30.4 Å². The van der Waals surface area contributed by atoms with Crippen LogP contribution in [-0.2, 0) is 14.3 Å². The molecular weight excluding hydrogens is 288 g/mol. The molecule has 6 heteroatoms. The Bertz CT molecular complexity index is 661. The Morgan fingerprint density at radius 3 is 2.50 bits per heavy atom. The Kier molecular flexibility index (Phi) is 4.56. The van der Waals surface area contributed by atoms with Gasteiger partial charge in [0.05, 0.1) is 0 Å². The summed E-state index contributed by atoms with van der Waals surface area (Å²) in [6.45, 7) is 0. The molecule has 2 unspecified atom stereocenters. The van der Waals surface area contributed by atoms with Crippen LogP contribution in [0.3, 0.4) is 0 Å². The molecule has 0 saturated heterocycles. The monoisotopic (exact) mass is 304 g/mol. The van der Waals surface area contributed by atoms with Gasteiger partial charge >= 0.3 is 0 Å². The van der Waals surface area contributed by atoms with Crippen LogP contribution in [0, 0.1) is 0 Å². The van der Waals surface area contributed by atoms with Gasteiger partial charge in [0.25, 0.3) is 0 Å². The average Bonchev–Trinajstić information content (AvgIpc) is 2.55. The van der Waals surface area contributed by atoms with Crippen LogP contribution in [0.25, 0.3) is 5.57 Å². The number of methoxy groups -OCH3 is 2. The van der Waals surface area contributed by atoms with Gasteiger partial charge in [-0.25, -0.2) is 0 Å². The normalized spacial score (nSPS) is 24.4. The SMILES string of the molecule is COC1C=C(C=O)C=C(c2cc(C=O)ccc2O)C1(O)OC. The number of aromatic hydroxyl groups is 1. The highest BCUT2D eigenvalue weighted by molar-refractivity contribution is 5.90. The average molecular weight is 304 g/mol. The van der Waals surface area contributed by atoms with Crippen molar-refractivity contribution in [1.29, 1.82) is 0 Å². The minimum Gasteiger partial charge on any atom is -0.507 e. The molecule has 0 radical (unpaired) electrons. The maximum Gasteiger partial charge on any atom is 0.223 e. The highest BCUT2D eigenvalue weighted by atomic mass is 16.6. The zero-order valence-corrected chi connectivity index (χ0v) is 12.1. The van der Waals surface area contributed by atoms with Crippen molar-refractivity contribution < 1.29 is 29.3 Å². The van der Waals surface area contributed by atoms with E-state index in [0.717, 1.165) is 0 Å². The number of aliphatic hydroxyl groups is 1. The van der Waals surface area contributed by atoms with Crippen molar-refractivity contribution in [3.8, 4) is 5.75 Å². The predicted molar refractivity (Wildman–Crippen MR) is 78.4 cm³/mol. The lowest BCUT2D eigenvalue weighted by molar-refractivity contribution is -0.194. The second kappa shape index (κ2) is 6.23. The van der Waals surface area contributed by atoms with Crippen LogP contribution in [-0.4, -0.2) is 48.9 Å². The summed E-state index contributed by atoms with van der Waals surface area (Å²) in [6.07, 6.45) is 3.07. The maximum atomic E-state index is 11.1. The van der Waals surface area contributed by atoms with Crippen molar-refractivity contribution in [2.24, 2.45) is 0 Å². The van der Waals surface area contributed by atoms with Crippen LogP contribution in [0.5, 0.6) is 5.75 Å². The third-order valence-corrected chi connectivity index (χ3v) is 3.57. The number of hydrogen-bond acceptors (Lipinski definition) is 6. The van der Waals surface area contributed by atoms with E-state index >= 15 is 0 Å². The molecule has 0 saturated carbocycles. The highest BCUT2D eigenvalue weighted by Gasteiger charge is 2.44. The molecule has 116 valence electrons. The second-order valence-electron chi connectivity index (χ2n) is 4.79. The fraction of sp³-hybridized carbons (Fsp3) is 0.250. The number of benzene rings is 1. The molecule has 0 aliphatic heterocycles. The molecule has 0 amide bonds. The third-order valence-electron chi connectivity index (χ3n) is 3.57. The molecule has 1 aromatic carbocycles. The van der Waals surface area contributed by atoms with Gasteiger partial charge in [-0.15, -0.1) is 0 Å². The van der Waals surface area contributed by atoms with Gasteiger partial charge in [-0.2, -0.15) is 0 Å². The van der Waals surface area contributed by atoms with Crippen LogP contribution in [0.2, 0.25) is 0 Å².